The molecule has 1 N–H and O–H groups in total. The largest absolute Gasteiger partial charge is 0.342 e. The molecule has 2 aromatic rings. The van der Waals surface area contributed by atoms with Crippen molar-refractivity contribution < 1.29 is 0 Å². The molecule has 3 aliphatic rings. The lowest BCUT2D eigenvalue weighted by molar-refractivity contribution is 0.324. The van der Waals surface area contributed by atoms with E-state index in [1.54, 1.807) is 0 Å². The molecule has 0 spiro atoms. The monoisotopic (exact) mass is 423 g/mol. The number of nitrogens with one attached hydrogen (secondary N) is 1. The molecule has 1 aliphatic heterocycles. The van der Waals surface area contributed by atoms with Crippen molar-refractivity contribution in [3.05, 3.63) is 83.7 Å². The van der Waals surface area contributed by atoms with E-state index in [9.17, 15) is 0 Å². The van der Waals surface area contributed by atoms with Gasteiger partial charge in [0, 0.05) is 12.0 Å². The third-order valence-corrected chi connectivity index (χ3v) is 7.10. The average molecular weight is 424 g/mol. The number of anilines is 1. The van der Waals surface area contributed by atoms with Crippen LogP contribution in [0.2, 0.25) is 0 Å². The standard InChI is InChI=1S/C29H33N3/c1-20(2)17-21-7-9-22(10-8-21)23-11-13-24(14-12-23)27-16-15-26(19-30-27)31-29-18-25-5-3-4-6-28(25)32-29/h4,6,11-16,19,21-22H,1,3,5,7-10,17-18H2,2H3,(H,31,32). The summed E-state index contributed by atoms with van der Waals surface area (Å²) < 4.78 is 0. The van der Waals surface area contributed by atoms with Crippen molar-refractivity contribution in [1.29, 1.82) is 0 Å². The summed E-state index contributed by atoms with van der Waals surface area (Å²) in [5.41, 5.74) is 8.59. The number of aliphatic imine (C=N–C) groups is 1. The molecule has 5 rings (SSSR count). The number of nitrogens with zero attached hydrogens (tertiary/aromatic N) is 2. The summed E-state index contributed by atoms with van der Waals surface area (Å²) >= 11 is 0. The molecule has 2 heterocycles. The number of hydrogen-bond acceptors (Lipinski definition) is 3. The lowest BCUT2D eigenvalue weighted by Crippen LogP contribution is -2.13. The lowest BCUT2D eigenvalue weighted by Gasteiger charge is -2.29. The average Bonchev–Trinajstić information content (AvgIpc) is 3.22. The molecule has 0 bridgehead atoms. The molecule has 1 aromatic carbocycles. The van der Waals surface area contributed by atoms with Crippen molar-refractivity contribution in [2.75, 3.05) is 5.32 Å². The first-order valence-electron chi connectivity index (χ1n) is 12.1. The van der Waals surface area contributed by atoms with Crippen LogP contribution in [0.25, 0.3) is 11.3 Å². The molecular formula is C29H33N3. The van der Waals surface area contributed by atoms with Gasteiger partial charge in [-0.25, -0.2) is 4.99 Å². The van der Waals surface area contributed by atoms with E-state index in [0.717, 1.165) is 48.1 Å². The Hall–Kier alpha value is -2.94. The van der Waals surface area contributed by atoms with Crippen LogP contribution in [0.4, 0.5) is 5.69 Å². The van der Waals surface area contributed by atoms with Gasteiger partial charge >= 0.3 is 0 Å². The molecule has 0 unspecified atom stereocenters. The van der Waals surface area contributed by atoms with E-state index in [2.05, 4.69) is 67.4 Å². The third kappa shape index (κ3) is 4.77. The van der Waals surface area contributed by atoms with Crippen LogP contribution >= 0.6 is 0 Å². The smallest absolute Gasteiger partial charge is 0.111 e. The Balaban J connectivity index is 1.18. The number of hydrogen-bond donors (Lipinski definition) is 1. The van der Waals surface area contributed by atoms with Gasteiger partial charge < -0.3 is 5.32 Å². The molecule has 3 heteroatoms. The Bertz CT molecular complexity index is 1060. The number of rotatable bonds is 5. The predicted molar refractivity (Wildman–Crippen MR) is 135 cm³/mol. The highest BCUT2D eigenvalue weighted by Gasteiger charge is 2.22. The van der Waals surface area contributed by atoms with Crippen molar-refractivity contribution >= 4 is 11.5 Å². The highest BCUT2D eigenvalue weighted by Crippen LogP contribution is 2.38. The van der Waals surface area contributed by atoms with Crippen molar-refractivity contribution in [2.45, 2.75) is 64.2 Å². The van der Waals surface area contributed by atoms with E-state index in [-0.39, 0.29) is 0 Å². The van der Waals surface area contributed by atoms with Crippen LogP contribution in [0.5, 0.6) is 0 Å². The van der Waals surface area contributed by atoms with Gasteiger partial charge in [-0.2, -0.15) is 0 Å². The van der Waals surface area contributed by atoms with Gasteiger partial charge in [-0.3, -0.25) is 4.98 Å². The molecular weight excluding hydrogens is 390 g/mol. The first-order chi connectivity index (χ1) is 15.6. The van der Waals surface area contributed by atoms with Crippen LogP contribution in [-0.4, -0.2) is 10.8 Å². The fourth-order valence-corrected chi connectivity index (χ4v) is 5.38. The van der Waals surface area contributed by atoms with E-state index >= 15 is 0 Å². The van der Waals surface area contributed by atoms with Crippen LogP contribution in [-0.2, 0) is 0 Å². The zero-order valence-corrected chi connectivity index (χ0v) is 19.1. The summed E-state index contributed by atoms with van der Waals surface area (Å²) in [6.45, 7) is 6.25. The summed E-state index contributed by atoms with van der Waals surface area (Å²) in [5, 5.41) is 3.45. The Kier molecular flexibility index (Phi) is 6.07. The second kappa shape index (κ2) is 9.28. The maximum atomic E-state index is 4.72. The van der Waals surface area contributed by atoms with Gasteiger partial charge in [0.15, 0.2) is 0 Å². The summed E-state index contributed by atoms with van der Waals surface area (Å²) in [6, 6.07) is 13.3. The number of allylic oxidation sites excluding steroid dienone is 3. The second-order valence-corrected chi connectivity index (χ2v) is 9.72. The topological polar surface area (TPSA) is 37.3 Å². The number of benzene rings is 1. The van der Waals surface area contributed by atoms with Crippen LogP contribution in [0.1, 0.15) is 69.8 Å². The SMILES string of the molecule is C=C(C)CC1CCC(c2ccc(-c3ccc(NC4=NC5=C(CCC=C5)C4)cn3)cc2)CC1. The maximum absolute atomic E-state index is 4.72. The third-order valence-electron chi connectivity index (χ3n) is 7.10. The normalized spacial score (nSPS) is 22.5. The van der Waals surface area contributed by atoms with Crippen LogP contribution in [0.15, 0.2) is 83.2 Å². The Morgan fingerprint density at radius 3 is 2.56 bits per heavy atom. The van der Waals surface area contributed by atoms with E-state index in [4.69, 9.17) is 9.98 Å². The number of pyridine rings is 1. The van der Waals surface area contributed by atoms with Gasteiger partial charge in [-0.15, -0.1) is 6.58 Å². The van der Waals surface area contributed by atoms with Gasteiger partial charge in [0.25, 0.3) is 0 Å². The fourth-order valence-electron chi connectivity index (χ4n) is 5.38. The molecule has 0 atom stereocenters. The molecule has 1 aromatic heterocycles. The zero-order valence-electron chi connectivity index (χ0n) is 19.1. The van der Waals surface area contributed by atoms with Gasteiger partial charge in [-0.1, -0.05) is 35.9 Å². The summed E-state index contributed by atoms with van der Waals surface area (Å²) in [5.74, 6) is 2.57. The highest BCUT2D eigenvalue weighted by molar-refractivity contribution is 5.99. The second-order valence-electron chi connectivity index (χ2n) is 9.72. The molecule has 2 aliphatic carbocycles. The summed E-state index contributed by atoms with van der Waals surface area (Å²) in [7, 11) is 0. The lowest BCUT2D eigenvalue weighted by atomic mass is 9.77. The number of amidine groups is 1. The molecule has 1 fully saturated rings. The fraction of sp³-hybridized carbons (Fsp3) is 0.379. The van der Waals surface area contributed by atoms with Gasteiger partial charge in [0.2, 0.25) is 0 Å². The molecule has 1 saturated carbocycles. The van der Waals surface area contributed by atoms with Gasteiger partial charge in [-0.05, 0) is 93.1 Å². The first-order valence-corrected chi connectivity index (χ1v) is 12.1. The van der Waals surface area contributed by atoms with Crippen LogP contribution in [0.3, 0.4) is 0 Å². The molecule has 164 valence electrons. The van der Waals surface area contributed by atoms with Crippen molar-refractivity contribution in [2.24, 2.45) is 10.9 Å². The summed E-state index contributed by atoms with van der Waals surface area (Å²) in [4.78, 5) is 9.43. The molecule has 32 heavy (non-hydrogen) atoms. The quantitative estimate of drug-likeness (QED) is 0.498. The highest BCUT2D eigenvalue weighted by atomic mass is 15.0. The van der Waals surface area contributed by atoms with E-state index in [1.165, 1.54) is 54.4 Å². The molecule has 0 amide bonds. The van der Waals surface area contributed by atoms with Crippen molar-refractivity contribution in [3.8, 4) is 11.3 Å². The zero-order chi connectivity index (χ0) is 21.9. The summed E-state index contributed by atoms with van der Waals surface area (Å²) in [6.07, 6.45) is 15.9. The van der Waals surface area contributed by atoms with Gasteiger partial charge in [0.05, 0.1) is 23.3 Å². The molecule has 0 saturated heterocycles. The predicted octanol–water partition coefficient (Wildman–Crippen LogP) is 7.81. The van der Waals surface area contributed by atoms with Crippen LogP contribution < -0.4 is 5.32 Å². The van der Waals surface area contributed by atoms with Crippen molar-refractivity contribution in [3.63, 3.8) is 0 Å². The van der Waals surface area contributed by atoms with E-state index in [1.807, 2.05) is 6.20 Å². The molecule has 3 nitrogen and oxygen atoms in total. The van der Waals surface area contributed by atoms with E-state index < -0.39 is 0 Å². The minimum absolute atomic E-state index is 0.700. The maximum Gasteiger partial charge on any atom is 0.111 e. The molecule has 0 radical (unpaired) electrons. The Morgan fingerprint density at radius 2 is 1.88 bits per heavy atom. The Labute approximate surface area is 192 Å². The van der Waals surface area contributed by atoms with Crippen molar-refractivity contribution in [1.82, 2.24) is 4.98 Å². The van der Waals surface area contributed by atoms with Gasteiger partial charge in [0.1, 0.15) is 5.84 Å². The minimum Gasteiger partial charge on any atom is -0.342 e. The minimum atomic E-state index is 0.700. The van der Waals surface area contributed by atoms with Crippen LogP contribution in [0, 0.1) is 5.92 Å². The Morgan fingerprint density at radius 1 is 1.06 bits per heavy atom. The van der Waals surface area contributed by atoms with E-state index in [0.29, 0.717) is 5.92 Å². The first kappa shape index (κ1) is 20.9. The number of aromatic nitrogens is 1.